The van der Waals surface area contributed by atoms with Crippen LogP contribution in [-0.4, -0.2) is 21.5 Å². The zero-order valence-electron chi connectivity index (χ0n) is 12.7. The summed E-state index contributed by atoms with van der Waals surface area (Å²) in [5.41, 5.74) is 1.77. The highest BCUT2D eigenvalue weighted by atomic mass is 35.5. The number of hydrogen-bond donors (Lipinski definition) is 1. The van der Waals surface area contributed by atoms with Gasteiger partial charge in [-0.2, -0.15) is 0 Å². The van der Waals surface area contributed by atoms with Gasteiger partial charge < -0.3 is 5.32 Å². The van der Waals surface area contributed by atoms with E-state index < -0.39 is 0 Å². The van der Waals surface area contributed by atoms with Crippen LogP contribution in [0.1, 0.15) is 32.9 Å². The molecule has 0 aliphatic rings. The van der Waals surface area contributed by atoms with Crippen molar-refractivity contribution >= 4 is 17.4 Å². The molecule has 2 aromatic rings. The van der Waals surface area contributed by atoms with Gasteiger partial charge >= 0.3 is 0 Å². The second kappa shape index (κ2) is 7.36. The summed E-state index contributed by atoms with van der Waals surface area (Å²) in [7, 11) is 0. The molecule has 112 valence electrons. The van der Waals surface area contributed by atoms with Gasteiger partial charge in [-0.05, 0) is 30.9 Å². The second-order valence-electron chi connectivity index (χ2n) is 5.45. The summed E-state index contributed by atoms with van der Waals surface area (Å²) in [6.45, 7) is 7.39. The van der Waals surface area contributed by atoms with Gasteiger partial charge in [0.05, 0.1) is 5.02 Å². The molecule has 0 spiro atoms. The third-order valence-electron chi connectivity index (χ3n) is 2.91. The van der Waals surface area contributed by atoms with E-state index in [0.29, 0.717) is 16.8 Å². The van der Waals surface area contributed by atoms with Gasteiger partial charge in [-0.3, -0.25) is 4.98 Å². The molecule has 2 heterocycles. The molecule has 0 unspecified atom stereocenters. The Morgan fingerprint density at radius 1 is 1.24 bits per heavy atom. The summed E-state index contributed by atoms with van der Waals surface area (Å²) in [6.07, 6.45) is 3.59. The lowest BCUT2D eigenvalue weighted by atomic mass is 10.1. The predicted molar refractivity (Wildman–Crippen MR) is 87.6 cm³/mol. The standard InChI is InChI=1S/C16H21ClN4/c1-4-7-18-15-9-13(8-11(2)3)20-16(21-15)14-6-5-12(17)10-19-14/h5-6,9-11H,4,7-8H2,1-3H3,(H,18,20,21). The molecular formula is C16H21ClN4. The van der Waals surface area contributed by atoms with E-state index >= 15 is 0 Å². The first-order chi connectivity index (χ1) is 10.1. The molecule has 2 aromatic heterocycles. The Bertz CT molecular complexity index is 581. The fourth-order valence-electron chi connectivity index (χ4n) is 1.99. The van der Waals surface area contributed by atoms with E-state index in [-0.39, 0.29) is 0 Å². The highest BCUT2D eigenvalue weighted by molar-refractivity contribution is 6.30. The van der Waals surface area contributed by atoms with Crippen LogP contribution in [0, 0.1) is 5.92 Å². The quantitative estimate of drug-likeness (QED) is 0.868. The molecule has 21 heavy (non-hydrogen) atoms. The van der Waals surface area contributed by atoms with E-state index in [9.17, 15) is 0 Å². The topological polar surface area (TPSA) is 50.7 Å². The number of nitrogens with zero attached hydrogens (tertiary/aromatic N) is 3. The molecule has 0 aliphatic carbocycles. The minimum Gasteiger partial charge on any atom is -0.370 e. The summed E-state index contributed by atoms with van der Waals surface area (Å²) < 4.78 is 0. The Morgan fingerprint density at radius 3 is 2.67 bits per heavy atom. The number of aromatic nitrogens is 3. The Morgan fingerprint density at radius 2 is 2.05 bits per heavy atom. The number of nitrogens with one attached hydrogen (secondary N) is 1. The number of rotatable bonds is 6. The van der Waals surface area contributed by atoms with Gasteiger partial charge in [-0.15, -0.1) is 0 Å². The summed E-state index contributed by atoms with van der Waals surface area (Å²) in [6, 6.07) is 5.68. The van der Waals surface area contributed by atoms with Crippen LogP contribution in [-0.2, 0) is 6.42 Å². The predicted octanol–water partition coefficient (Wildman–Crippen LogP) is 4.21. The van der Waals surface area contributed by atoms with Crippen LogP contribution in [0.5, 0.6) is 0 Å². The first-order valence-electron chi connectivity index (χ1n) is 7.32. The second-order valence-corrected chi connectivity index (χ2v) is 5.89. The van der Waals surface area contributed by atoms with Crippen LogP contribution in [0.15, 0.2) is 24.4 Å². The number of hydrogen-bond acceptors (Lipinski definition) is 4. The monoisotopic (exact) mass is 304 g/mol. The van der Waals surface area contributed by atoms with Crippen LogP contribution in [0.3, 0.4) is 0 Å². The van der Waals surface area contributed by atoms with E-state index in [1.807, 2.05) is 18.2 Å². The summed E-state index contributed by atoms with van der Waals surface area (Å²) in [5.74, 6) is 2.04. The SMILES string of the molecule is CCCNc1cc(CC(C)C)nc(-c2ccc(Cl)cn2)n1. The van der Waals surface area contributed by atoms with Crippen molar-refractivity contribution < 1.29 is 0 Å². The number of halogens is 1. The minimum absolute atomic E-state index is 0.546. The molecule has 1 N–H and O–H groups in total. The fraction of sp³-hybridized carbons (Fsp3) is 0.438. The van der Waals surface area contributed by atoms with Crippen LogP contribution < -0.4 is 5.32 Å². The normalized spacial score (nSPS) is 10.9. The van der Waals surface area contributed by atoms with Gasteiger partial charge in [0, 0.05) is 24.5 Å². The highest BCUT2D eigenvalue weighted by Gasteiger charge is 2.09. The van der Waals surface area contributed by atoms with Crippen molar-refractivity contribution in [2.45, 2.75) is 33.6 Å². The molecular weight excluding hydrogens is 284 g/mol. The maximum Gasteiger partial charge on any atom is 0.180 e. The molecule has 0 radical (unpaired) electrons. The lowest BCUT2D eigenvalue weighted by molar-refractivity contribution is 0.634. The zero-order chi connectivity index (χ0) is 15.2. The lowest BCUT2D eigenvalue weighted by Gasteiger charge is -2.10. The summed E-state index contributed by atoms with van der Waals surface area (Å²) in [4.78, 5) is 13.5. The molecule has 0 saturated heterocycles. The van der Waals surface area contributed by atoms with Gasteiger partial charge in [0.1, 0.15) is 11.5 Å². The largest absolute Gasteiger partial charge is 0.370 e. The Balaban J connectivity index is 2.36. The van der Waals surface area contributed by atoms with Gasteiger partial charge in [-0.1, -0.05) is 32.4 Å². The first-order valence-corrected chi connectivity index (χ1v) is 7.70. The average molecular weight is 305 g/mol. The first kappa shape index (κ1) is 15.7. The Hall–Kier alpha value is -1.68. The van der Waals surface area contributed by atoms with Gasteiger partial charge in [-0.25, -0.2) is 9.97 Å². The summed E-state index contributed by atoms with van der Waals surface area (Å²) >= 11 is 5.88. The molecule has 0 fully saturated rings. The lowest BCUT2D eigenvalue weighted by Crippen LogP contribution is -2.07. The molecule has 0 aromatic carbocycles. The molecule has 2 rings (SSSR count). The zero-order valence-corrected chi connectivity index (χ0v) is 13.5. The third kappa shape index (κ3) is 4.67. The molecule has 0 amide bonds. The maximum absolute atomic E-state index is 5.88. The van der Waals surface area contributed by atoms with E-state index in [1.54, 1.807) is 6.20 Å². The summed E-state index contributed by atoms with van der Waals surface area (Å²) in [5, 5.41) is 3.94. The maximum atomic E-state index is 5.88. The van der Waals surface area contributed by atoms with Crippen LogP contribution in [0.25, 0.3) is 11.5 Å². The van der Waals surface area contributed by atoms with Crippen LogP contribution in [0.4, 0.5) is 5.82 Å². The smallest absolute Gasteiger partial charge is 0.180 e. The molecule has 4 nitrogen and oxygen atoms in total. The number of anilines is 1. The van der Waals surface area contributed by atoms with Crippen molar-refractivity contribution in [1.29, 1.82) is 0 Å². The van der Waals surface area contributed by atoms with Crippen LogP contribution >= 0.6 is 11.6 Å². The Labute approximate surface area is 131 Å². The van der Waals surface area contributed by atoms with E-state index in [0.717, 1.165) is 36.6 Å². The van der Waals surface area contributed by atoms with Crippen molar-refractivity contribution in [2.24, 2.45) is 5.92 Å². The van der Waals surface area contributed by atoms with Gasteiger partial charge in [0.25, 0.3) is 0 Å². The van der Waals surface area contributed by atoms with Crippen molar-refractivity contribution in [3.8, 4) is 11.5 Å². The highest BCUT2D eigenvalue weighted by Crippen LogP contribution is 2.19. The Kier molecular flexibility index (Phi) is 5.51. The van der Waals surface area contributed by atoms with Crippen molar-refractivity contribution in [3.63, 3.8) is 0 Å². The molecule has 0 bridgehead atoms. The third-order valence-corrected chi connectivity index (χ3v) is 3.13. The molecule has 5 heteroatoms. The van der Waals surface area contributed by atoms with Crippen molar-refractivity contribution in [1.82, 2.24) is 15.0 Å². The van der Waals surface area contributed by atoms with E-state index in [2.05, 4.69) is 41.0 Å². The molecule has 0 aliphatic heterocycles. The van der Waals surface area contributed by atoms with Crippen LogP contribution in [0.2, 0.25) is 5.02 Å². The van der Waals surface area contributed by atoms with Crippen molar-refractivity contribution in [2.75, 3.05) is 11.9 Å². The number of pyridine rings is 1. The minimum atomic E-state index is 0.546. The molecule has 0 saturated carbocycles. The van der Waals surface area contributed by atoms with Gasteiger partial charge in [0.2, 0.25) is 0 Å². The van der Waals surface area contributed by atoms with E-state index in [4.69, 9.17) is 11.6 Å². The van der Waals surface area contributed by atoms with E-state index in [1.165, 1.54) is 0 Å². The average Bonchev–Trinajstić information content (AvgIpc) is 2.45. The fourth-order valence-corrected chi connectivity index (χ4v) is 2.10. The van der Waals surface area contributed by atoms with Gasteiger partial charge in [0.15, 0.2) is 5.82 Å². The molecule has 0 atom stereocenters. The van der Waals surface area contributed by atoms with Crippen molar-refractivity contribution in [3.05, 3.63) is 35.1 Å².